The largest absolute Gasteiger partial charge is 0.360 e. The molecule has 6 heteroatoms. The van der Waals surface area contributed by atoms with Crippen molar-refractivity contribution in [2.45, 2.75) is 38.4 Å². The van der Waals surface area contributed by atoms with Crippen molar-refractivity contribution in [2.75, 3.05) is 6.54 Å². The number of aromatic nitrogens is 3. The molecule has 0 saturated heterocycles. The van der Waals surface area contributed by atoms with Crippen molar-refractivity contribution in [2.24, 2.45) is 0 Å². The summed E-state index contributed by atoms with van der Waals surface area (Å²) >= 11 is 0. The molecule has 1 aromatic carbocycles. The summed E-state index contributed by atoms with van der Waals surface area (Å²) < 4.78 is 21.4. The highest BCUT2D eigenvalue weighted by Gasteiger charge is 2.28. The van der Waals surface area contributed by atoms with Gasteiger partial charge in [0.25, 0.3) is 0 Å². The van der Waals surface area contributed by atoms with Gasteiger partial charge in [-0.1, -0.05) is 17.3 Å². The van der Waals surface area contributed by atoms with E-state index in [1.165, 1.54) is 30.7 Å². The molecule has 25 heavy (non-hydrogen) atoms. The van der Waals surface area contributed by atoms with E-state index in [2.05, 4.69) is 19.6 Å². The van der Waals surface area contributed by atoms with Crippen LogP contribution in [-0.2, 0) is 19.5 Å². The summed E-state index contributed by atoms with van der Waals surface area (Å²) in [5, 5.41) is 4.21. The van der Waals surface area contributed by atoms with Crippen LogP contribution in [0.25, 0.3) is 11.3 Å². The van der Waals surface area contributed by atoms with Gasteiger partial charge in [0.2, 0.25) is 0 Å². The van der Waals surface area contributed by atoms with Crippen LogP contribution in [0.15, 0.2) is 41.3 Å². The second kappa shape index (κ2) is 5.81. The Balaban J connectivity index is 1.40. The van der Waals surface area contributed by atoms with Gasteiger partial charge in [0.15, 0.2) is 0 Å². The predicted molar refractivity (Wildman–Crippen MR) is 90.2 cm³/mol. The third kappa shape index (κ3) is 2.76. The molecule has 3 heterocycles. The Morgan fingerprint density at radius 1 is 1.28 bits per heavy atom. The summed E-state index contributed by atoms with van der Waals surface area (Å²) in [6, 6.07) is 7.18. The van der Waals surface area contributed by atoms with Gasteiger partial charge in [0.05, 0.1) is 12.0 Å². The first-order valence-electron chi connectivity index (χ1n) is 8.74. The maximum absolute atomic E-state index is 13.6. The van der Waals surface area contributed by atoms with Crippen LogP contribution < -0.4 is 0 Å². The maximum atomic E-state index is 13.6. The molecule has 5 rings (SSSR count). The van der Waals surface area contributed by atoms with Gasteiger partial charge in [-0.15, -0.1) is 0 Å². The van der Waals surface area contributed by atoms with Crippen LogP contribution in [0.1, 0.15) is 35.9 Å². The van der Waals surface area contributed by atoms with E-state index in [0.29, 0.717) is 6.04 Å². The van der Waals surface area contributed by atoms with Gasteiger partial charge in [-0.2, -0.15) is 0 Å². The van der Waals surface area contributed by atoms with Crippen molar-refractivity contribution in [3.63, 3.8) is 0 Å². The third-order valence-corrected chi connectivity index (χ3v) is 5.08. The number of hydrogen-bond donors (Lipinski definition) is 0. The number of nitrogens with zero attached hydrogens (tertiary/aromatic N) is 4. The van der Waals surface area contributed by atoms with Crippen LogP contribution in [0.2, 0.25) is 0 Å². The Morgan fingerprint density at radius 2 is 2.20 bits per heavy atom. The lowest BCUT2D eigenvalue weighted by Crippen LogP contribution is -2.30. The van der Waals surface area contributed by atoms with Crippen molar-refractivity contribution in [3.05, 3.63) is 59.6 Å². The van der Waals surface area contributed by atoms with E-state index in [4.69, 9.17) is 4.52 Å². The number of halogens is 1. The fraction of sp³-hybridized carbons (Fsp3) is 0.368. The van der Waals surface area contributed by atoms with Gasteiger partial charge in [-0.05, 0) is 25.0 Å². The second-order valence-corrected chi connectivity index (χ2v) is 6.93. The third-order valence-electron chi connectivity index (χ3n) is 5.08. The molecule has 5 nitrogen and oxygen atoms in total. The van der Waals surface area contributed by atoms with Crippen molar-refractivity contribution in [1.29, 1.82) is 0 Å². The Labute approximate surface area is 145 Å². The molecule has 2 aromatic heterocycles. The van der Waals surface area contributed by atoms with E-state index >= 15 is 0 Å². The molecule has 1 aliphatic heterocycles. The van der Waals surface area contributed by atoms with Gasteiger partial charge >= 0.3 is 0 Å². The van der Waals surface area contributed by atoms with Gasteiger partial charge in [0.1, 0.15) is 17.3 Å². The van der Waals surface area contributed by atoms with Crippen LogP contribution in [0.5, 0.6) is 0 Å². The molecule has 1 saturated carbocycles. The number of benzene rings is 1. The molecule has 1 fully saturated rings. The predicted octanol–water partition coefficient (Wildman–Crippen LogP) is 3.57. The summed E-state index contributed by atoms with van der Waals surface area (Å²) in [4.78, 5) is 6.71. The highest BCUT2D eigenvalue weighted by atomic mass is 19.1. The quantitative estimate of drug-likeness (QED) is 0.730. The van der Waals surface area contributed by atoms with E-state index in [1.54, 1.807) is 6.07 Å². The maximum Gasteiger partial charge on any atom is 0.143 e. The zero-order valence-corrected chi connectivity index (χ0v) is 13.9. The average molecular weight is 338 g/mol. The van der Waals surface area contributed by atoms with Gasteiger partial charge in [0, 0.05) is 49.4 Å². The summed E-state index contributed by atoms with van der Waals surface area (Å²) in [5.41, 5.74) is 3.87. The van der Waals surface area contributed by atoms with Gasteiger partial charge in [-0.25, -0.2) is 9.37 Å². The molecule has 0 radical (unpaired) electrons. The van der Waals surface area contributed by atoms with Crippen LogP contribution in [0.4, 0.5) is 4.39 Å². The van der Waals surface area contributed by atoms with Crippen LogP contribution in [0.3, 0.4) is 0 Å². The molecule has 3 aromatic rings. The lowest BCUT2D eigenvalue weighted by Gasteiger charge is -2.26. The molecule has 1 aliphatic carbocycles. The molecule has 0 amide bonds. The Kier molecular flexibility index (Phi) is 3.45. The summed E-state index contributed by atoms with van der Waals surface area (Å²) in [7, 11) is 0. The Hall–Kier alpha value is -2.47. The average Bonchev–Trinajstić information content (AvgIpc) is 3.21. The molecule has 0 spiro atoms. The minimum absolute atomic E-state index is 0.254. The zero-order chi connectivity index (χ0) is 16.8. The molecular formula is C19H19FN4O. The van der Waals surface area contributed by atoms with Crippen LogP contribution in [-0.4, -0.2) is 26.2 Å². The van der Waals surface area contributed by atoms with E-state index in [9.17, 15) is 4.39 Å². The second-order valence-electron chi connectivity index (χ2n) is 6.93. The minimum atomic E-state index is -0.254. The van der Waals surface area contributed by atoms with Crippen LogP contribution >= 0.6 is 0 Å². The van der Waals surface area contributed by atoms with Crippen molar-refractivity contribution in [1.82, 2.24) is 19.6 Å². The SMILES string of the molecule is Fc1cccc(-c2noc3c2CN(Cc2cncn2C2CC2)CC3)c1. The Bertz CT molecular complexity index is 912. The fourth-order valence-corrected chi connectivity index (χ4v) is 3.63. The van der Waals surface area contributed by atoms with E-state index in [-0.39, 0.29) is 5.82 Å². The minimum Gasteiger partial charge on any atom is -0.360 e. The van der Waals surface area contributed by atoms with E-state index in [1.807, 2.05) is 18.6 Å². The molecule has 2 aliphatic rings. The van der Waals surface area contributed by atoms with Gasteiger partial charge < -0.3 is 9.09 Å². The topological polar surface area (TPSA) is 47.1 Å². The van der Waals surface area contributed by atoms with Crippen LogP contribution in [0, 0.1) is 5.82 Å². The first-order chi connectivity index (χ1) is 12.3. The van der Waals surface area contributed by atoms with E-state index < -0.39 is 0 Å². The number of imidazole rings is 1. The normalized spacial score (nSPS) is 17.6. The number of rotatable bonds is 4. The molecule has 0 bridgehead atoms. The Morgan fingerprint density at radius 3 is 3.04 bits per heavy atom. The molecule has 0 N–H and O–H groups in total. The lowest BCUT2D eigenvalue weighted by molar-refractivity contribution is 0.223. The van der Waals surface area contributed by atoms with Crippen molar-refractivity contribution < 1.29 is 8.91 Å². The van der Waals surface area contributed by atoms with E-state index in [0.717, 1.165) is 48.6 Å². The lowest BCUT2D eigenvalue weighted by atomic mass is 10.0. The summed E-state index contributed by atoms with van der Waals surface area (Å²) in [6.07, 6.45) is 7.25. The summed E-state index contributed by atoms with van der Waals surface area (Å²) in [6.45, 7) is 2.56. The summed E-state index contributed by atoms with van der Waals surface area (Å²) in [5.74, 6) is 0.668. The number of hydrogen-bond acceptors (Lipinski definition) is 4. The first kappa shape index (κ1) is 14.8. The first-order valence-corrected chi connectivity index (χ1v) is 8.74. The highest BCUT2D eigenvalue weighted by Crippen LogP contribution is 2.36. The smallest absolute Gasteiger partial charge is 0.143 e. The number of fused-ring (bicyclic) bond motifs is 1. The van der Waals surface area contributed by atoms with Gasteiger partial charge in [-0.3, -0.25) is 4.90 Å². The highest BCUT2D eigenvalue weighted by molar-refractivity contribution is 5.63. The van der Waals surface area contributed by atoms with Crippen molar-refractivity contribution in [3.8, 4) is 11.3 Å². The zero-order valence-electron chi connectivity index (χ0n) is 13.9. The molecule has 0 atom stereocenters. The standard InChI is InChI=1S/C19H19FN4O/c20-14-3-1-2-13(8-14)19-17-11-23(7-6-18(17)25-22-19)10-16-9-21-12-24(16)15-4-5-15/h1-3,8-9,12,15H,4-7,10-11H2. The molecular weight excluding hydrogens is 319 g/mol. The van der Waals surface area contributed by atoms with Crippen molar-refractivity contribution >= 4 is 0 Å². The molecule has 128 valence electrons. The molecule has 0 unspecified atom stereocenters. The fourth-order valence-electron chi connectivity index (χ4n) is 3.63. The monoisotopic (exact) mass is 338 g/mol.